The second-order valence-corrected chi connectivity index (χ2v) is 9.08. The Balaban J connectivity index is 1.36. The van der Waals surface area contributed by atoms with Crippen LogP contribution in [0.3, 0.4) is 0 Å². The Hall–Kier alpha value is -1.74. The SMILES string of the molecule is CCOC(=O)N1CCC(N2CCC(N3C(=O)C(F)(CO)C4=C3CCC(F)C4)CC2)CC1. The fraction of sp³-hybridized carbons (Fsp3) is 0.818. The molecule has 0 saturated carbocycles. The highest BCUT2D eigenvalue weighted by Gasteiger charge is 2.56. The number of piperidine rings is 2. The summed E-state index contributed by atoms with van der Waals surface area (Å²) in [6.45, 7) is 4.20. The minimum absolute atomic E-state index is 0.105. The van der Waals surface area contributed by atoms with E-state index in [9.17, 15) is 19.1 Å². The zero-order chi connectivity index (χ0) is 22.2. The Labute approximate surface area is 182 Å². The number of amides is 2. The second kappa shape index (κ2) is 9.02. The molecule has 31 heavy (non-hydrogen) atoms. The molecule has 0 spiro atoms. The van der Waals surface area contributed by atoms with E-state index in [0.29, 0.717) is 44.3 Å². The molecule has 3 heterocycles. The number of hydrogen-bond acceptors (Lipinski definition) is 5. The second-order valence-electron chi connectivity index (χ2n) is 9.08. The molecule has 2 fully saturated rings. The number of aliphatic hydroxyl groups excluding tert-OH is 1. The van der Waals surface area contributed by atoms with Crippen LogP contribution in [0.1, 0.15) is 51.9 Å². The van der Waals surface area contributed by atoms with Crippen LogP contribution in [0.15, 0.2) is 11.3 Å². The molecule has 1 N–H and O–H groups in total. The van der Waals surface area contributed by atoms with Crippen LogP contribution in [-0.2, 0) is 9.53 Å². The van der Waals surface area contributed by atoms with Gasteiger partial charge < -0.3 is 24.5 Å². The van der Waals surface area contributed by atoms with Crippen molar-refractivity contribution < 1.29 is 28.2 Å². The molecular formula is C22H33F2N3O4. The summed E-state index contributed by atoms with van der Waals surface area (Å²) < 4.78 is 34.4. The summed E-state index contributed by atoms with van der Waals surface area (Å²) in [5.41, 5.74) is -1.69. The van der Waals surface area contributed by atoms with Gasteiger partial charge in [0.15, 0.2) is 0 Å². The molecule has 2 unspecified atom stereocenters. The lowest BCUT2D eigenvalue weighted by Gasteiger charge is -2.43. The van der Waals surface area contributed by atoms with Crippen LogP contribution in [0.25, 0.3) is 0 Å². The minimum atomic E-state index is -2.46. The molecule has 7 nitrogen and oxygen atoms in total. The van der Waals surface area contributed by atoms with E-state index in [1.54, 1.807) is 16.7 Å². The van der Waals surface area contributed by atoms with Gasteiger partial charge in [-0.1, -0.05) is 0 Å². The third-order valence-electron chi connectivity index (χ3n) is 7.38. The van der Waals surface area contributed by atoms with Crippen LogP contribution >= 0.6 is 0 Å². The molecule has 174 valence electrons. The lowest BCUT2D eigenvalue weighted by Crippen LogP contribution is -2.53. The topological polar surface area (TPSA) is 73.3 Å². The fourth-order valence-corrected chi connectivity index (χ4v) is 5.67. The number of aliphatic hydroxyl groups is 1. The normalized spacial score (nSPS) is 31.4. The van der Waals surface area contributed by atoms with Crippen LogP contribution < -0.4 is 0 Å². The molecule has 3 aliphatic heterocycles. The summed E-state index contributed by atoms with van der Waals surface area (Å²) in [7, 11) is 0. The minimum Gasteiger partial charge on any atom is -0.450 e. The van der Waals surface area contributed by atoms with Crippen LogP contribution in [0, 0.1) is 0 Å². The van der Waals surface area contributed by atoms with Gasteiger partial charge in [0, 0.05) is 56.0 Å². The predicted octanol–water partition coefficient (Wildman–Crippen LogP) is 2.39. The van der Waals surface area contributed by atoms with Crippen molar-refractivity contribution in [3.63, 3.8) is 0 Å². The van der Waals surface area contributed by atoms with Crippen LogP contribution in [-0.4, -0.2) is 95.1 Å². The summed E-state index contributed by atoms with van der Waals surface area (Å²) in [4.78, 5) is 30.5. The van der Waals surface area contributed by atoms with Gasteiger partial charge in [0.25, 0.3) is 5.91 Å². The van der Waals surface area contributed by atoms with Gasteiger partial charge >= 0.3 is 6.09 Å². The summed E-state index contributed by atoms with van der Waals surface area (Å²) in [6, 6.07) is 0.268. The molecular weight excluding hydrogens is 408 g/mol. The quantitative estimate of drug-likeness (QED) is 0.725. The van der Waals surface area contributed by atoms with Crippen LogP contribution in [0.2, 0.25) is 0 Å². The first-order valence-corrected chi connectivity index (χ1v) is 11.5. The number of carbonyl (C=O) groups excluding carboxylic acids is 2. The zero-order valence-corrected chi connectivity index (χ0v) is 18.2. The summed E-state index contributed by atoms with van der Waals surface area (Å²) >= 11 is 0. The van der Waals surface area contributed by atoms with E-state index in [2.05, 4.69) is 4.90 Å². The first kappa shape index (κ1) is 22.5. The molecule has 4 rings (SSSR count). The number of rotatable bonds is 4. The highest BCUT2D eigenvalue weighted by Crippen LogP contribution is 2.46. The molecule has 0 aromatic rings. The van der Waals surface area contributed by atoms with Crippen molar-refractivity contribution in [2.75, 3.05) is 39.4 Å². The maximum absolute atomic E-state index is 15.4. The van der Waals surface area contributed by atoms with Crippen molar-refractivity contribution in [1.82, 2.24) is 14.7 Å². The van der Waals surface area contributed by atoms with Gasteiger partial charge in [-0.05, 0) is 45.4 Å². The van der Waals surface area contributed by atoms with Crippen molar-refractivity contribution >= 4 is 12.0 Å². The Bertz CT molecular complexity index is 732. The summed E-state index contributed by atoms with van der Waals surface area (Å²) in [5, 5.41) is 9.62. The number of ether oxygens (including phenoxy) is 1. The highest BCUT2D eigenvalue weighted by atomic mass is 19.1. The first-order valence-electron chi connectivity index (χ1n) is 11.5. The largest absolute Gasteiger partial charge is 0.450 e. The van der Waals surface area contributed by atoms with Gasteiger partial charge in [-0.25, -0.2) is 13.6 Å². The third-order valence-corrected chi connectivity index (χ3v) is 7.38. The number of halogens is 2. The van der Waals surface area contributed by atoms with Crippen molar-refractivity contribution in [3.05, 3.63) is 11.3 Å². The van der Waals surface area contributed by atoms with Crippen molar-refractivity contribution in [3.8, 4) is 0 Å². The van der Waals surface area contributed by atoms with E-state index in [1.807, 2.05) is 0 Å². The van der Waals surface area contributed by atoms with Gasteiger partial charge in [-0.2, -0.15) is 0 Å². The summed E-state index contributed by atoms with van der Waals surface area (Å²) in [6.07, 6.45) is 2.35. The summed E-state index contributed by atoms with van der Waals surface area (Å²) in [5.74, 6) is -0.713. The number of alkyl halides is 2. The highest BCUT2D eigenvalue weighted by molar-refractivity contribution is 5.94. The van der Waals surface area contributed by atoms with E-state index in [1.165, 1.54) is 0 Å². The van der Waals surface area contributed by atoms with Gasteiger partial charge in [0.2, 0.25) is 5.67 Å². The van der Waals surface area contributed by atoms with Crippen molar-refractivity contribution in [1.29, 1.82) is 0 Å². The smallest absolute Gasteiger partial charge is 0.409 e. The monoisotopic (exact) mass is 441 g/mol. The third kappa shape index (κ3) is 4.06. The number of hydrogen-bond donors (Lipinski definition) is 1. The molecule has 2 saturated heterocycles. The van der Waals surface area contributed by atoms with E-state index in [-0.39, 0.29) is 24.1 Å². The Kier molecular flexibility index (Phi) is 6.53. The maximum Gasteiger partial charge on any atom is 0.409 e. The van der Waals surface area contributed by atoms with E-state index in [4.69, 9.17) is 4.74 Å². The molecule has 0 aromatic heterocycles. The Morgan fingerprint density at radius 2 is 1.77 bits per heavy atom. The zero-order valence-electron chi connectivity index (χ0n) is 18.2. The van der Waals surface area contributed by atoms with Gasteiger partial charge in [0.05, 0.1) is 13.2 Å². The number of carbonyl (C=O) groups is 2. The van der Waals surface area contributed by atoms with Crippen LogP contribution in [0.5, 0.6) is 0 Å². The fourth-order valence-electron chi connectivity index (χ4n) is 5.67. The van der Waals surface area contributed by atoms with Crippen molar-refractivity contribution in [2.24, 2.45) is 0 Å². The Morgan fingerprint density at radius 3 is 2.39 bits per heavy atom. The van der Waals surface area contributed by atoms with Gasteiger partial charge in [-0.15, -0.1) is 0 Å². The molecule has 0 aromatic carbocycles. The van der Waals surface area contributed by atoms with E-state index in [0.717, 1.165) is 38.8 Å². The maximum atomic E-state index is 15.4. The number of nitrogens with zero attached hydrogens (tertiary/aromatic N) is 3. The predicted molar refractivity (Wildman–Crippen MR) is 110 cm³/mol. The standard InChI is InChI=1S/C22H33F2N3O4/c1-2-31-21(30)26-11-5-16(6-12-26)25-9-7-17(8-10-25)27-19-4-3-15(23)13-18(19)22(24,14-28)20(27)29/h15-17,28H,2-14H2,1H3. The lowest BCUT2D eigenvalue weighted by molar-refractivity contribution is -0.141. The first-order chi connectivity index (χ1) is 14.9. The Morgan fingerprint density at radius 1 is 1.13 bits per heavy atom. The van der Waals surface area contributed by atoms with Gasteiger partial charge in [-0.3, -0.25) is 4.79 Å². The molecule has 0 bridgehead atoms. The molecule has 0 radical (unpaired) electrons. The van der Waals surface area contributed by atoms with E-state index < -0.39 is 24.4 Å². The number of allylic oxidation sites excluding steroid dienone is 1. The average Bonchev–Trinajstić information content (AvgIpc) is 3.01. The molecule has 1 aliphatic carbocycles. The molecule has 4 aliphatic rings. The van der Waals surface area contributed by atoms with E-state index >= 15 is 4.39 Å². The molecule has 2 atom stereocenters. The van der Waals surface area contributed by atoms with Crippen LogP contribution in [0.4, 0.5) is 13.6 Å². The van der Waals surface area contributed by atoms with Crippen molar-refractivity contribution in [2.45, 2.75) is 75.8 Å². The molecule has 2 amide bonds. The van der Waals surface area contributed by atoms with Gasteiger partial charge in [0.1, 0.15) is 6.17 Å². The average molecular weight is 442 g/mol. The molecule has 9 heteroatoms. The number of likely N-dealkylation sites (tertiary alicyclic amines) is 2. The lowest BCUT2D eigenvalue weighted by atomic mass is 9.87.